The lowest BCUT2D eigenvalue weighted by molar-refractivity contribution is 0.386. The van der Waals surface area contributed by atoms with Crippen LogP contribution in [0.3, 0.4) is 0 Å². The van der Waals surface area contributed by atoms with Crippen molar-refractivity contribution in [2.45, 2.75) is 13.8 Å². The van der Waals surface area contributed by atoms with Crippen LogP contribution >= 0.6 is 0 Å². The summed E-state index contributed by atoms with van der Waals surface area (Å²) in [6.07, 6.45) is 0. The number of aryl methyl sites for hydroxylation is 2. The van der Waals surface area contributed by atoms with Gasteiger partial charge in [0.1, 0.15) is 0 Å². The van der Waals surface area contributed by atoms with Crippen LogP contribution in [0.25, 0.3) is 0 Å². The highest BCUT2D eigenvalue weighted by molar-refractivity contribution is 5.31. The van der Waals surface area contributed by atoms with Crippen molar-refractivity contribution in [1.82, 2.24) is 9.97 Å². The summed E-state index contributed by atoms with van der Waals surface area (Å²) in [6.45, 7) is 3.51. The number of methoxy groups -OCH3 is 1. The summed E-state index contributed by atoms with van der Waals surface area (Å²) in [7, 11) is 1.55. The zero-order valence-electron chi connectivity index (χ0n) is 6.75. The molecule has 0 aliphatic carbocycles. The van der Waals surface area contributed by atoms with Crippen molar-refractivity contribution in [3.05, 3.63) is 11.4 Å². The fourth-order valence-electron chi connectivity index (χ4n) is 0.984. The smallest absolute Gasteiger partial charge is 0.314 e. The van der Waals surface area contributed by atoms with E-state index in [1.54, 1.807) is 21.0 Å². The number of aromatic hydroxyl groups is 1. The Morgan fingerprint density at radius 1 is 1.18 bits per heavy atom. The normalized spacial score (nSPS) is 9.73. The Hall–Kier alpha value is -1.32. The molecule has 0 unspecified atom stereocenters. The molecule has 1 rings (SSSR count). The van der Waals surface area contributed by atoms with Crippen molar-refractivity contribution < 1.29 is 9.84 Å². The van der Waals surface area contributed by atoms with Gasteiger partial charge in [0.05, 0.1) is 18.5 Å². The first-order valence-corrected chi connectivity index (χ1v) is 3.23. The molecule has 4 heteroatoms. The van der Waals surface area contributed by atoms with E-state index in [1.165, 1.54) is 0 Å². The lowest BCUT2D eigenvalue weighted by Gasteiger charge is -2.05. The summed E-state index contributed by atoms with van der Waals surface area (Å²) in [5, 5.41) is 8.94. The molecule has 0 saturated heterocycles. The minimum Gasteiger partial charge on any atom is -0.493 e. The van der Waals surface area contributed by atoms with E-state index in [-0.39, 0.29) is 6.01 Å². The molecule has 0 radical (unpaired) electrons. The predicted molar refractivity (Wildman–Crippen MR) is 39.7 cm³/mol. The van der Waals surface area contributed by atoms with E-state index < -0.39 is 0 Å². The van der Waals surface area contributed by atoms with Crippen molar-refractivity contribution in [3.8, 4) is 11.8 Å². The van der Waals surface area contributed by atoms with Crippen LogP contribution < -0.4 is 4.74 Å². The van der Waals surface area contributed by atoms with E-state index in [1.807, 2.05) is 0 Å². The molecule has 0 aromatic carbocycles. The maximum Gasteiger partial charge on any atom is 0.314 e. The molecule has 0 aliphatic heterocycles. The molecule has 0 spiro atoms. The van der Waals surface area contributed by atoms with Gasteiger partial charge in [0, 0.05) is 0 Å². The fraction of sp³-hybridized carbons (Fsp3) is 0.429. The molecule has 0 bridgehead atoms. The van der Waals surface area contributed by atoms with Gasteiger partial charge < -0.3 is 9.84 Å². The van der Waals surface area contributed by atoms with Gasteiger partial charge in [-0.2, -0.15) is 9.97 Å². The van der Waals surface area contributed by atoms with Gasteiger partial charge in [0.2, 0.25) is 0 Å². The third-order valence-corrected chi connectivity index (χ3v) is 1.40. The summed E-state index contributed by atoms with van der Waals surface area (Å²) < 4.78 is 4.99. The Morgan fingerprint density at radius 3 is 2.00 bits per heavy atom. The van der Waals surface area contributed by atoms with E-state index in [0.29, 0.717) is 17.1 Å². The average molecular weight is 154 g/mol. The van der Waals surface area contributed by atoms with Crippen molar-refractivity contribution in [2.24, 2.45) is 0 Å². The van der Waals surface area contributed by atoms with Gasteiger partial charge in [-0.1, -0.05) is 0 Å². The molecule has 0 saturated carbocycles. The summed E-state index contributed by atoms with van der Waals surface area (Å²) in [5.74, 6) is 0.628. The van der Waals surface area contributed by atoms with E-state index >= 15 is 0 Å². The van der Waals surface area contributed by atoms with Gasteiger partial charge >= 0.3 is 6.01 Å². The highest BCUT2D eigenvalue weighted by Gasteiger charge is 2.06. The fourth-order valence-corrected chi connectivity index (χ4v) is 0.984. The summed E-state index contributed by atoms with van der Waals surface area (Å²) in [4.78, 5) is 7.45. The Balaban J connectivity index is 3.25. The molecule has 0 fully saturated rings. The number of hydrogen-bond acceptors (Lipinski definition) is 4. The SMILES string of the molecule is COc1c(C)nc(O)nc1C. The van der Waals surface area contributed by atoms with E-state index in [0.717, 1.165) is 0 Å². The first-order valence-electron chi connectivity index (χ1n) is 3.23. The minimum absolute atomic E-state index is 0.208. The maximum atomic E-state index is 8.94. The number of hydrogen-bond donors (Lipinski definition) is 1. The highest BCUT2D eigenvalue weighted by Crippen LogP contribution is 2.20. The number of rotatable bonds is 1. The third-order valence-electron chi connectivity index (χ3n) is 1.40. The molecule has 1 aromatic rings. The topological polar surface area (TPSA) is 55.2 Å². The number of ether oxygens (including phenoxy) is 1. The summed E-state index contributed by atoms with van der Waals surface area (Å²) >= 11 is 0. The van der Waals surface area contributed by atoms with Crippen molar-refractivity contribution >= 4 is 0 Å². The average Bonchev–Trinajstić information content (AvgIpc) is 1.85. The van der Waals surface area contributed by atoms with E-state index in [9.17, 15) is 0 Å². The minimum atomic E-state index is -0.208. The number of aromatic nitrogens is 2. The van der Waals surface area contributed by atoms with Gasteiger partial charge in [0.15, 0.2) is 5.75 Å². The molecular weight excluding hydrogens is 144 g/mol. The van der Waals surface area contributed by atoms with Gasteiger partial charge in [-0.3, -0.25) is 0 Å². The van der Waals surface area contributed by atoms with Crippen LogP contribution in [0.2, 0.25) is 0 Å². The van der Waals surface area contributed by atoms with Gasteiger partial charge in [-0.05, 0) is 13.8 Å². The highest BCUT2D eigenvalue weighted by atomic mass is 16.5. The second-order valence-corrected chi connectivity index (χ2v) is 2.23. The van der Waals surface area contributed by atoms with Crippen LogP contribution in [-0.4, -0.2) is 22.2 Å². The van der Waals surface area contributed by atoms with Crippen LogP contribution in [0.4, 0.5) is 0 Å². The maximum absolute atomic E-state index is 8.94. The Bertz CT molecular complexity index is 250. The zero-order chi connectivity index (χ0) is 8.43. The molecule has 4 nitrogen and oxygen atoms in total. The molecule has 1 N–H and O–H groups in total. The summed E-state index contributed by atoms with van der Waals surface area (Å²) in [5.41, 5.74) is 1.30. The summed E-state index contributed by atoms with van der Waals surface area (Å²) in [6, 6.07) is -0.208. The van der Waals surface area contributed by atoms with Crippen LogP contribution in [0, 0.1) is 13.8 Å². The Labute approximate surface area is 64.9 Å². The zero-order valence-corrected chi connectivity index (χ0v) is 6.75. The molecule has 0 amide bonds. The largest absolute Gasteiger partial charge is 0.493 e. The molecule has 0 atom stereocenters. The molecular formula is C7H10N2O2. The quantitative estimate of drug-likeness (QED) is 0.650. The first kappa shape index (κ1) is 7.78. The second-order valence-electron chi connectivity index (χ2n) is 2.23. The van der Waals surface area contributed by atoms with Crippen LogP contribution in [0.1, 0.15) is 11.4 Å². The van der Waals surface area contributed by atoms with Gasteiger partial charge in [-0.15, -0.1) is 0 Å². The van der Waals surface area contributed by atoms with E-state index in [2.05, 4.69) is 9.97 Å². The van der Waals surface area contributed by atoms with Crippen LogP contribution in [0.15, 0.2) is 0 Å². The molecule has 11 heavy (non-hydrogen) atoms. The van der Waals surface area contributed by atoms with Crippen LogP contribution in [0.5, 0.6) is 11.8 Å². The van der Waals surface area contributed by atoms with Crippen molar-refractivity contribution in [1.29, 1.82) is 0 Å². The second kappa shape index (κ2) is 2.74. The molecule has 60 valence electrons. The van der Waals surface area contributed by atoms with E-state index in [4.69, 9.17) is 9.84 Å². The van der Waals surface area contributed by atoms with Gasteiger partial charge in [0.25, 0.3) is 0 Å². The first-order chi connectivity index (χ1) is 5.15. The molecule has 1 heterocycles. The third kappa shape index (κ3) is 1.39. The monoisotopic (exact) mass is 154 g/mol. The predicted octanol–water partition coefficient (Wildman–Crippen LogP) is 0.808. The van der Waals surface area contributed by atoms with Crippen molar-refractivity contribution in [2.75, 3.05) is 7.11 Å². The van der Waals surface area contributed by atoms with Crippen molar-refractivity contribution in [3.63, 3.8) is 0 Å². The lowest BCUT2D eigenvalue weighted by atomic mass is 10.3. The Kier molecular flexibility index (Phi) is 1.94. The number of nitrogens with zero attached hydrogens (tertiary/aromatic N) is 2. The Morgan fingerprint density at radius 2 is 1.64 bits per heavy atom. The standard InChI is InChI=1S/C7H10N2O2/c1-4-6(11-3)5(2)9-7(10)8-4/h1-3H3,(H,8,9,10). The lowest BCUT2D eigenvalue weighted by Crippen LogP contribution is -1.96. The molecule has 1 aromatic heterocycles. The molecule has 0 aliphatic rings. The van der Waals surface area contributed by atoms with Crippen LogP contribution in [-0.2, 0) is 0 Å². The van der Waals surface area contributed by atoms with Gasteiger partial charge in [-0.25, -0.2) is 0 Å².